The zero-order chi connectivity index (χ0) is 20.8. The number of aromatic nitrogens is 2. The van der Waals surface area contributed by atoms with E-state index < -0.39 is 12.0 Å². The minimum atomic E-state index is -0.508. The predicted molar refractivity (Wildman–Crippen MR) is 116 cm³/mol. The first kappa shape index (κ1) is 21.1. The maximum absolute atomic E-state index is 13.0. The van der Waals surface area contributed by atoms with Gasteiger partial charge in [0.25, 0.3) is 5.91 Å². The normalized spacial score (nSPS) is 11.7. The van der Waals surface area contributed by atoms with Gasteiger partial charge in [-0.15, -0.1) is 0 Å². The number of imidazole rings is 1. The van der Waals surface area contributed by atoms with E-state index in [4.69, 9.17) is 4.74 Å². The Morgan fingerprint density at radius 2 is 2.03 bits per heavy atom. The number of carbonyl (C=O) groups excluding carboxylic acids is 2. The largest absolute Gasteiger partial charge is 0.469 e. The fraction of sp³-hybridized carbons (Fsp3) is 0.190. The number of nitrogens with one attached hydrogen (secondary N) is 1. The van der Waals surface area contributed by atoms with Crippen molar-refractivity contribution < 1.29 is 14.3 Å². The Kier molecular flexibility index (Phi) is 7.11. The van der Waals surface area contributed by atoms with E-state index in [0.29, 0.717) is 5.56 Å². The maximum Gasteiger partial charge on any atom is 0.307 e. The second kappa shape index (κ2) is 9.76. The van der Waals surface area contributed by atoms with Gasteiger partial charge >= 0.3 is 5.97 Å². The molecule has 0 fully saturated rings. The Bertz CT molecular complexity index is 1020. The summed E-state index contributed by atoms with van der Waals surface area (Å²) in [5.41, 5.74) is 2.15. The van der Waals surface area contributed by atoms with Gasteiger partial charge in [-0.2, -0.15) is 0 Å². The minimum absolute atomic E-state index is 0.0382. The van der Waals surface area contributed by atoms with Crippen LogP contribution in [-0.4, -0.2) is 34.8 Å². The molecule has 150 valence electrons. The second-order valence-electron chi connectivity index (χ2n) is 6.20. The summed E-state index contributed by atoms with van der Waals surface area (Å²) in [5, 5.41) is 3.79. The van der Waals surface area contributed by atoms with Crippen LogP contribution >= 0.6 is 27.7 Å². The van der Waals surface area contributed by atoms with E-state index in [-0.39, 0.29) is 12.3 Å². The minimum Gasteiger partial charge on any atom is -0.469 e. The van der Waals surface area contributed by atoms with E-state index in [0.717, 1.165) is 20.9 Å². The van der Waals surface area contributed by atoms with Crippen molar-refractivity contribution in [1.29, 1.82) is 0 Å². The zero-order valence-corrected chi connectivity index (χ0v) is 18.4. The molecule has 0 bridgehead atoms. The molecule has 1 unspecified atom stereocenters. The van der Waals surface area contributed by atoms with Gasteiger partial charge in [-0.05, 0) is 42.2 Å². The van der Waals surface area contributed by atoms with Crippen molar-refractivity contribution in [3.63, 3.8) is 0 Å². The van der Waals surface area contributed by atoms with E-state index >= 15 is 0 Å². The summed E-state index contributed by atoms with van der Waals surface area (Å²) in [6.07, 6.45) is 5.56. The van der Waals surface area contributed by atoms with Gasteiger partial charge in [-0.1, -0.05) is 45.9 Å². The van der Waals surface area contributed by atoms with Crippen LogP contribution in [0.4, 0.5) is 0 Å². The lowest BCUT2D eigenvalue weighted by Crippen LogP contribution is -2.30. The highest BCUT2D eigenvalue weighted by molar-refractivity contribution is 9.10. The van der Waals surface area contributed by atoms with Crippen LogP contribution in [0.25, 0.3) is 5.69 Å². The monoisotopic (exact) mass is 473 g/mol. The Labute approximate surface area is 181 Å². The third-order valence-corrected chi connectivity index (χ3v) is 5.49. The molecular formula is C21H20BrN3O3S. The number of methoxy groups -OCH3 is 1. The molecule has 3 rings (SSSR count). The highest BCUT2D eigenvalue weighted by Gasteiger charge is 2.20. The maximum atomic E-state index is 13.0. The third-order valence-electron chi connectivity index (χ3n) is 4.33. The number of hydrogen-bond acceptors (Lipinski definition) is 5. The zero-order valence-electron chi connectivity index (χ0n) is 16.0. The van der Waals surface area contributed by atoms with Crippen LogP contribution in [0.3, 0.4) is 0 Å². The van der Waals surface area contributed by atoms with Crippen molar-refractivity contribution in [3.05, 3.63) is 76.5 Å². The number of esters is 1. The Hall–Kier alpha value is -2.58. The number of benzene rings is 2. The molecule has 1 N–H and O–H groups in total. The number of ether oxygens (including phenoxy) is 1. The van der Waals surface area contributed by atoms with Gasteiger partial charge in [0.05, 0.1) is 19.6 Å². The molecule has 0 aliphatic carbocycles. The van der Waals surface area contributed by atoms with Crippen molar-refractivity contribution in [2.75, 3.05) is 13.4 Å². The van der Waals surface area contributed by atoms with Crippen LogP contribution in [0.5, 0.6) is 0 Å². The number of nitrogens with zero attached hydrogens (tertiary/aromatic N) is 2. The molecule has 0 radical (unpaired) electrons. The molecule has 1 aromatic heterocycles. The van der Waals surface area contributed by atoms with Gasteiger partial charge in [0.1, 0.15) is 0 Å². The van der Waals surface area contributed by atoms with Crippen molar-refractivity contribution in [2.24, 2.45) is 0 Å². The van der Waals surface area contributed by atoms with Crippen LogP contribution in [0, 0.1) is 0 Å². The van der Waals surface area contributed by atoms with E-state index in [1.165, 1.54) is 18.9 Å². The number of halogens is 1. The molecule has 8 heteroatoms. The lowest BCUT2D eigenvalue weighted by atomic mass is 10.0. The lowest BCUT2D eigenvalue weighted by molar-refractivity contribution is -0.141. The molecule has 29 heavy (non-hydrogen) atoms. The highest BCUT2D eigenvalue weighted by atomic mass is 79.9. The van der Waals surface area contributed by atoms with Gasteiger partial charge in [-0.3, -0.25) is 14.2 Å². The molecular weight excluding hydrogens is 454 g/mol. The molecule has 0 spiro atoms. The van der Waals surface area contributed by atoms with Crippen molar-refractivity contribution >= 4 is 39.6 Å². The summed E-state index contributed by atoms with van der Waals surface area (Å²) in [5.74, 6) is -0.668. The van der Waals surface area contributed by atoms with E-state index in [9.17, 15) is 9.59 Å². The first-order chi connectivity index (χ1) is 14.0. The average molecular weight is 474 g/mol. The van der Waals surface area contributed by atoms with E-state index in [1.807, 2.05) is 53.4 Å². The standard InChI is InChI=1S/C21H20BrN3O3S/c1-28-19(26)13-18(14-5-3-7-16(22)11-14)24-20(27)15-6-4-8-17(12-15)25-10-9-23-21(25)29-2/h3-12,18H,13H2,1-2H3,(H,24,27). The topological polar surface area (TPSA) is 73.2 Å². The SMILES string of the molecule is COC(=O)CC(NC(=O)c1cccc(-n2ccnc2SC)c1)c1cccc(Br)c1. The Balaban J connectivity index is 1.86. The molecule has 1 heterocycles. The molecule has 0 aliphatic heterocycles. The number of amides is 1. The summed E-state index contributed by atoms with van der Waals surface area (Å²) in [4.78, 5) is 29.1. The summed E-state index contributed by atoms with van der Waals surface area (Å²) in [7, 11) is 1.33. The van der Waals surface area contributed by atoms with Gasteiger partial charge in [0, 0.05) is 28.1 Å². The summed E-state index contributed by atoms with van der Waals surface area (Å²) >= 11 is 4.96. The molecule has 0 saturated heterocycles. The van der Waals surface area contributed by atoms with Gasteiger partial charge < -0.3 is 10.1 Å². The third kappa shape index (κ3) is 5.27. The number of thioether (sulfide) groups is 1. The second-order valence-corrected chi connectivity index (χ2v) is 7.88. The summed E-state index contributed by atoms with van der Waals surface area (Å²) < 4.78 is 7.58. The molecule has 0 saturated carbocycles. The van der Waals surface area contributed by atoms with Crippen LogP contribution in [0.15, 0.2) is 70.6 Å². The Morgan fingerprint density at radius 3 is 2.76 bits per heavy atom. The molecule has 1 atom stereocenters. The highest BCUT2D eigenvalue weighted by Crippen LogP contribution is 2.23. The van der Waals surface area contributed by atoms with Crippen molar-refractivity contribution in [3.8, 4) is 5.69 Å². The fourth-order valence-corrected chi connectivity index (χ4v) is 3.85. The lowest BCUT2D eigenvalue weighted by Gasteiger charge is -2.19. The molecule has 3 aromatic rings. The number of rotatable bonds is 7. The van der Waals surface area contributed by atoms with Gasteiger partial charge in [0.2, 0.25) is 0 Å². The van der Waals surface area contributed by atoms with E-state index in [1.54, 1.807) is 18.3 Å². The summed E-state index contributed by atoms with van der Waals surface area (Å²) in [6, 6.07) is 14.3. The fourth-order valence-electron chi connectivity index (χ4n) is 2.90. The smallest absolute Gasteiger partial charge is 0.307 e. The molecule has 1 amide bonds. The van der Waals surface area contributed by atoms with Crippen LogP contribution in [0.1, 0.15) is 28.4 Å². The van der Waals surface area contributed by atoms with Gasteiger partial charge in [-0.25, -0.2) is 4.98 Å². The molecule has 2 aromatic carbocycles. The van der Waals surface area contributed by atoms with E-state index in [2.05, 4.69) is 26.2 Å². The predicted octanol–water partition coefficient (Wildman–Crippen LogP) is 4.39. The van der Waals surface area contributed by atoms with Crippen molar-refractivity contribution in [2.45, 2.75) is 17.6 Å². The first-order valence-corrected chi connectivity index (χ1v) is 10.8. The quantitative estimate of drug-likeness (QED) is 0.406. The number of hydrogen-bond donors (Lipinski definition) is 1. The molecule has 0 aliphatic rings. The van der Waals surface area contributed by atoms with Crippen LogP contribution in [-0.2, 0) is 9.53 Å². The molecule has 6 nitrogen and oxygen atoms in total. The van der Waals surface area contributed by atoms with Gasteiger partial charge in [0.15, 0.2) is 5.16 Å². The number of carbonyl (C=O) groups is 2. The average Bonchev–Trinajstić information content (AvgIpc) is 3.22. The Morgan fingerprint density at radius 1 is 1.24 bits per heavy atom. The van der Waals surface area contributed by atoms with Crippen LogP contribution < -0.4 is 5.32 Å². The van der Waals surface area contributed by atoms with Crippen molar-refractivity contribution in [1.82, 2.24) is 14.9 Å². The summed E-state index contributed by atoms with van der Waals surface area (Å²) in [6.45, 7) is 0. The first-order valence-electron chi connectivity index (χ1n) is 8.82. The van der Waals surface area contributed by atoms with Crippen LogP contribution in [0.2, 0.25) is 0 Å².